The Labute approximate surface area is 142 Å². The van der Waals surface area contributed by atoms with E-state index in [2.05, 4.69) is 4.98 Å². The molecule has 9 heteroatoms. The van der Waals surface area contributed by atoms with Crippen LogP contribution in [0.5, 0.6) is 5.88 Å². The number of furan rings is 1. The minimum atomic E-state index is -4.61. The molecule has 3 aromatic heterocycles. The van der Waals surface area contributed by atoms with E-state index in [0.717, 1.165) is 4.88 Å². The zero-order valence-corrected chi connectivity index (χ0v) is 13.3. The van der Waals surface area contributed by atoms with E-state index in [0.29, 0.717) is 16.8 Å². The van der Waals surface area contributed by atoms with Gasteiger partial charge in [0.1, 0.15) is 11.6 Å². The summed E-state index contributed by atoms with van der Waals surface area (Å²) in [5, 5.41) is 11.2. The van der Waals surface area contributed by atoms with Crippen molar-refractivity contribution < 1.29 is 21.8 Å². The number of halogens is 3. The summed E-state index contributed by atoms with van der Waals surface area (Å²) in [6, 6.07) is 8.66. The van der Waals surface area contributed by atoms with E-state index < -0.39 is 17.6 Å². The number of nitrogens with zero attached hydrogens (tertiary/aromatic N) is 2. The molecule has 0 unspecified atom stereocenters. The quantitative estimate of drug-likeness (QED) is 0.570. The Morgan fingerprint density at radius 2 is 2.17 bits per heavy atom. The average Bonchev–Trinajstić information content (AvgIpc) is 3.24. The van der Waals surface area contributed by atoms with Gasteiger partial charge in [0, 0.05) is 11.1 Å². The van der Waals surface area contributed by atoms with Crippen molar-refractivity contribution in [3.63, 3.8) is 0 Å². The summed E-state index contributed by atoms with van der Waals surface area (Å²) in [4.78, 5) is 4.82. The van der Waals surface area contributed by atoms with Crippen molar-refractivity contribution in [3.8, 4) is 33.6 Å². The highest BCUT2D eigenvalue weighted by molar-refractivity contribution is 7.95. The summed E-state index contributed by atoms with van der Waals surface area (Å²) in [6.45, 7) is 0. The summed E-state index contributed by atoms with van der Waals surface area (Å²) in [5.74, 6) is -0.387. The predicted molar refractivity (Wildman–Crippen MR) is 84.2 cm³/mol. The molecule has 3 aromatic rings. The summed E-state index contributed by atoms with van der Waals surface area (Å²) in [5.41, 5.74) is -3.34. The van der Waals surface area contributed by atoms with E-state index >= 15 is 0 Å². The maximum absolute atomic E-state index is 12.4. The van der Waals surface area contributed by atoms with Gasteiger partial charge in [0.2, 0.25) is 5.88 Å². The molecular weight excluding hydrogens is 361 g/mol. The first-order valence-corrected chi connectivity index (χ1v) is 8.04. The topological polar surface area (TPSA) is 59.0 Å². The van der Waals surface area contributed by atoms with Crippen LogP contribution in [0.3, 0.4) is 0 Å². The standard InChI is InChI=1S/C15H7F3N2O2S2/c16-15(17,18)24-22-14-11(7-19)10(9-3-4-21-8-9)6-12(20-14)13-2-1-5-23-13/h1-6,8H. The molecule has 0 saturated carbocycles. The fraction of sp³-hybridized carbons (Fsp3) is 0.0667. The third-order valence-electron chi connectivity index (χ3n) is 2.92. The second kappa shape index (κ2) is 6.59. The van der Waals surface area contributed by atoms with Gasteiger partial charge in [-0.15, -0.1) is 11.3 Å². The number of hydrogen-bond acceptors (Lipinski definition) is 6. The van der Waals surface area contributed by atoms with E-state index in [1.165, 1.54) is 23.9 Å². The molecule has 0 fully saturated rings. The Morgan fingerprint density at radius 1 is 1.33 bits per heavy atom. The molecule has 0 spiro atoms. The fourth-order valence-corrected chi connectivity index (χ4v) is 2.95. The number of pyridine rings is 1. The molecule has 0 N–H and O–H groups in total. The van der Waals surface area contributed by atoms with Gasteiger partial charge in [-0.3, -0.25) is 0 Å². The zero-order chi connectivity index (χ0) is 17.2. The Balaban J connectivity index is 2.14. The van der Waals surface area contributed by atoms with Gasteiger partial charge >= 0.3 is 5.51 Å². The lowest BCUT2D eigenvalue weighted by molar-refractivity contribution is -0.0370. The third kappa shape index (κ3) is 3.55. The molecule has 0 bridgehead atoms. The maximum Gasteiger partial charge on any atom is 0.479 e. The zero-order valence-electron chi connectivity index (χ0n) is 11.7. The van der Waals surface area contributed by atoms with Crippen LogP contribution in [0, 0.1) is 11.3 Å². The van der Waals surface area contributed by atoms with Crippen LogP contribution in [-0.2, 0) is 0 Å². The number of rotatable bonds is 4. The molecule has 0 aromatic carbocycles. The first-order chi connectivity index (χ1) is 11.5. The Bertz CT molecular complexity index is 870. The van der Waals surface area contributed by atoms with Crippen LogP contribution in [0.4, 0.5) is 13.2 Å². The van der Waals surface area contributed by atoms with Crippen LogP contribution in [0.1, 0.15) is 5.56 Å². The number of hydrogen-bond donors (Lipinski definition) is 0. The molecule has 0 atom stereocenters. The van der Waals surface area contributed by atoms with E-state index in [4.69, 9.17) is 8.60 Å². The van der Waals surface area contributed by atoms with Crippen LogP contribution in [0.2, 0.25) is 0 Å². The van der Waals surface area contributed by atoms with E-state index in [9.17, 15) is 18.4 Å². The fourth-order valence-electron chi connectivity index (χ4n) is 1.97. The van der Waals surface area contributed by atoms with Gasteiger partial charge in [-0.2, -0.15) is 18.4 Å². The number of thiophene rings is 1. The highest BCUT2D eigenvalue weighted by atomic mass is 32.2. The molecule has 0 amide bonds. The second-order valence-electron chi connectivity index (χ2n) is 4.45. The smallest absolute Gasteiger partial charge is 0.472 e. The normalized spacial score (nSPS) is 11.2. The summed E-state index contributed by atoms with van der Waals surface area (Å²) >= 11 is 0.669. The molecule has 3 heterocycles. The van der Waals surface area contributed by atoms with Crippen LogP contribution in [-0.4, -0.2) is 10.5 Å². The summed E-state index contributed by atoms with van der Waals surface area (Å²) in [6.07, 6.45) is 2.81. The minimum absolute atomic E-state index is 0.0894. The molecule has 0 aliphatic heterocycles. The van der Waals surface area contributed by atoms with Crippen LogP contribution in [0.25, 0.3) is 21.7 Å². The van der Waals surface area contributed by atoms with Crippen LogP contribution in [0.15, 0.2) is 46.6 Å². The van der Waals surface area contributed by atoms with Crippen LogP contribution < -0.4 is 4.18 Å². The van der Waals surface area contributed by atoms with E-state index in [-0.39, 0.29) is 11.4 Å². The molecule has 0 aliphatic rings. The van der Waals surface area contributed by atoms with Crippen molar-refractivity contribution in [1.82, 2.24) is 4.98 Å². The van der Waals surface area contributed by atoms with Crippen LogP contribution >= 0.6 is 23.4 Å². The number of alkyl halides is 3. The highest BCUT2D eigenvalue weighted by Crippen LogP contribution is 2.38. The Morgan fingerprint density at radius 3 is 2.75 bits per heavy atom. The lowest BCUT2D eigenvalue weighted by Crippen LogP contribution is -2.05. The minimum Gasteiger partial charge on any atom is -0.472 e. The predicted octanol–water partition coefficient (Wildman–Crippen LogP) is 5.49. The van der Waals surface area contributed by atoms with Crippen molar-refractivity contribution in [2.75, 3.05) is 0 Å². The monoisotopic (exact) mass is 368 g/mol. The van der Waals surface area contributed by atoms with Gasteiger partial charge in [-0.05, 0) is 23.6 Å². The SMILES string of the molecule is N#Cc1c(-c2ccoc2)cc(-c2cccs2)nc1OSC(F)(F)F. The second-order valence-corrected chi connectivity index (χ2v) is 6.19. The lowest BCUT2D eigenvalue weighted by Gasteiger charge is -2.11. The molecule has 0 radical (unpaired) electrons. The van der Waals surface area contributed by atoms with Crippen molar-refractivity contribution in [1.29, 1.82) is 5.26 Å². The molecule has 24 heavy (non-hydrogen) atoms. The molecule has 122 valence electrons. The number of nitriles is 1. The van der Waals surface area contributed by atoms with Gasteiger partial charge in [0.15, 0.2) is 12.0 Å². The van der Waals surface area contributed by atoms with Crippen molar-refractivity contribution >= 4 is 23.4 Å². The third-order valence-corrected chi connectivity index (χ3v) is 4.24. The van der Waals surface area contributed by atoms with Gasteiger partial charge in [-0.25, -0.2) is 4.98 Å². The van der Waals surface area contributed by atoms with Gasteiger partial charge < -0.3 is 8.60 Å². The van der Waals surface area contributed by atoms with Gasteiger partial charge in [-0.1, -0.05) is 6.07 Å². The van der Waals surface area contributed by atoms with Crippen molar-refractivity contribution in [2.45, 2.75) is 5.51 Å². The Hall–Kier alpha value is -2.44. The molecule has 4 nitrogen and oxygen atoms in total. The highest BCUT2D eigenvalue weighted by Gasteiger charge is 2.32. The van der Waals surface area contributed by atoms with Crippen molar-refractivity contribution in [3.05, 3.63) is 47.7 Å². The summed E-state index contributed by atoms with van der Waals surface area (Å²) in [7, 11) is 0. The van der Waals surface area contributed by atoms with E-state index in [1.807, 2.05) is 11.4 Å². The molecule has 0 aliphatic carbocycles. The average molecular weight is 368 g/mol. The molecule has 0 saturated heterocycles. The summed E-state index contributed by atoms with van der Waals surface area (Å²) < 4.78 is 47.0. The first-order valence-electron chi connectivity index (χ1n) is 6.42. The Kier molecular flexibility index (Phi) is 4.51. The van der Waals surface area contributed by atoms with E-state index in [1.54, 1.807) is 24.3 Å². The molecular formula is C15H7F3N2O2S2. The van der Waals surface area contributed by atoms with Gasteiger partial charge in [0.05, 0.1) is 23.1 Å². The lowest BCUT2D eigenvalue weighted by atomic mass is 10.0. The first kappa shape index (κ1) is 16.4. The molecule has 3 rings (SSSR count). The largest absolute Gasteiger partial charge is 0.479 e. The van der Waals surface area contributed by atoms with Gasteiger partial charge in [0.25, 0.3) is 0 Å². The maximum atomic E-state index is 12.4. The number of aromatic nitrogens is 1. The van der Waals surface area contributed by atoms with Crippen molar-refractivity contribution in [2.24, 2.45) is 0 Å².